The minimum absolute atomic E-state index is 0.00519. The zero-order valence-electron chi connectivity index (χ0n) is 13.8. The standard InChI is InChI=1S/C18H29NO3/c1-11-10-18-14-5-3-7-19(18)8-4-6-15(18)16(21)9-13(14)17(11)22-12(2)20/h11,13-17,21H,3-10H2,1-2H3/t11-,13-,14+,15+,16+,17+,18+/m0/s1. The highest BCUT2D eigenvalue weighted by Gasteiger charge is 2.65. The molecule has 0 unspecified atom stereocenters. The molecule has 0 aromatic carbocycles. The van der Waals surface area contributed by atoms with Crippen LogP contribution in [-0.4, -0.2) is 46.8 Å². The van der Waals surface area contributed by atoms with Crippen molar-refractivity contribution in [1.82, 2.24) is 4.90 Å². The summed E-state index contributed by atoms with van der Waals surface area (Å²) in [6.07, 6.45) is 6.61. The number of carbonyl (C=O) groups is 1. The third-order valence-electron chi connectivity index (χ3n) is 7.19. The molecular weight excluding hydrogens is 278 g/mol. The fourth-order valence-corrected chi connectivity index (χ4v) is 6.74. The maximum Gasteiger partial charge on any atom is 0.302 e. The summed E-state index contributed by atoms with van der Waals surface area (Å²) in [6.45, 7) is 6.16. The lowest BCUT2D eigenvalue weighted by Gasteiger charge is -2.68. The summed E-state index contributed by atoms with van der Waals surface area (Å²) in [5.74, 6) is 1.62. The molecule has 1 N–H and O–H groups in total. The van der Waals surface area contributed by atoms with Crippen LogP contribution in [0.5, 0.6) is 0 Å². The number of piperidine rings is 2. The van der Waals surface area contributed by atoms with Crippen LogP contribution in [0.2, 0.25) is 0 Å². The quantitative estimate of drug-likeness (QED) is 0.755. The number of hydrogen-bond acceptors (Lipinski definition) is 4. The highest BCUT2D eigenvalue weighted by molar-refractivity contribution is 5.66. The minimum atomic E-state index is -0.215. The van der Waals surface area contributed by atoms with E-state index in [1.54, 1.807) is 0 Å². The van der Waals surface area contributed by atoms with Crippen LogP contribution in [0.3, 0.4) is 0 Å². The molecule has 7 atom stereocenters. The van der Waals surface area contributed by atoms with E-state index in [0.717, 1.165) is 12.8 Å². The van der Waals surface area contributed by atoms with Gasteiger partial charge in [0.25, 0.3) is 0 Å². The first-order valence-electron chi connectivity index (χ1n) is 9.14. The number of ether oxygens (including phenoxy) is 1. The van der Waals surface area contributed by atoms with Gasteiger partial charge >= 0.3 is 5.97 Å². The van der Waals surface area contributed by atoms with Crippen LogP contribution in [0.25, 0.3) is 0 Å². The molecule has 4 rings (SSSR count). The van der Waals surface area contributed by atoms with Gasteiger partial charge in [0, 0.05) is 24.3 Å². The average molecular weight is 307 g/mol. The lowest BCUT2D eigenvalue weighted by molar-refractivity contribution is -0.229. The summed E-state index contributed by atoms with van der Waals surface area (Å²) in [7, 11) is 0. The lowest BCUT2D eigenvalue weighted by Crippen LogP contribution is -2.74. The van der Waals surface area contributed by atoms with E-state index in [1.807, 2.05) is 0 Å². The van der Waals surface area contributed by atoms with E-state index < -0.39 is 0 Å². The normalized spacial score (nSPS) is 51.0. The van der Waals surface area contributed by atoms with E-state index in [1.165, 1.54) is 45.7 Å². The largest absolute Gasteiger partial charge is 0.462 e. The molecule has 2 heterocycles. The minimum Gasteiger partial charge on any atom is -0.462 e. The number of hydrogen-bond donors (Lipinski definition) is 1. The molecule has 0 radical (unpaired) electrons. The lowest BCUT2D eigenvalue weighted by atomic mass is 9.47. The first-order valence-corrected chi connectivity index (χ1v) is 9.14. The van der Waals surface area contributed by atoms with Gasteiger partial charge in [-0.3, -0.25) is 9.69 Å². The Kier molecular flexibility index (Phi) is 3.53. The van der Waals surface area contributed by atoms with Crippen LogP contribution in [0.4, 0.5) is 0 Å². The molecule has 4 fully saturated rings. The van der Waals surface area contributed by atoms with Crippen molar-refractivity contribution in [2.75, 3.05) is 13.1 Å². The van der Waals surface area contributed by atoms with Gasteiger partial charge in [-0.15, -0.1) is 0 Å². The number of rotatable bonds is 1. The van der Waals surface area contributed by atoms with Gasteiger partial charge in [0.1, 0.15) is 6.10 Å². The second kappa shape index (κ2) is 5.20. The molecule has 4 heteroatoms. The topological polar surface area (TPSA) is 49.8 Å². The summed E-state index contributed by atoms with van der Waals surface area (Å²) in [4.78, 5) is 14.3. The molecule has 22 heavy (non-hydrogen) atoms. The Balaban J connectivity index is 1.74. The summed E-state index contributed by atoms with van der Waals surface area (Å²) in [6, 6.07) is 0. The van der Waals surface area contributed by atoms with E-state index in [0.29, 0.717) is 23.7 Å². The fraction of sp³-hybridized carbons (Fsp3) is 0.944. The second-order valence-corrected chi connectivity index (χ2v) is 8.20. The predicted molar refractivity (Wildman–Crippen MR) is 83.2 cm³/mol. The molecule has 2 saturated carbocycles. The molecule has 2 bridgehead atoms. The number of carbonyl (C=O) groups excluding carboxylic acids is 1. The Labute approximate surface area is 133 Å². The Hall–Kier alpha value is -0.610. The molecule has 2 aliphatic carbocycles. The van der Waals surface area contributed by atoms with Crippen LogP contribution in [-0.2, 0) is 9.53 Å². The van der Waals surface area contributed by atoms with Crippen molar-refractivity contribution in [3.05, 3.63) is 0 Å². The Morgan fingerprint density at radius 3 is 2.59 bits per heavy atom. The van der Waals surface area contributed by atoms with Crippen LogP contribution in [0.1, 0.15) is 52.4 Å². The summed E-state index contributed by atoms with van der Waals surface area (Å²) >= 11 is 0. The van der Waals surface area contributed by atoms with Crippen molar-refractivity contribution in [1.29, 1.82) is 0 Å². The summed E-state index contributed by atoms with van der Waals surface area (Å²) < 4.78 is 5.74. The van der Waals surface area contributed by atoms with Gasteiger partial charge < -0.3 is 9.84 Å². The first kappa shape index (κ1) is 14.9. The van der Waals surface area contributed by atoms with E-state index in [-0.39, 0.29) is 23.7 Å². The monoisotopic (exact) mass is 307 g/mol. The van der Waals surface area contributed by atoms with Gasteiger partial charge in [0.2, 0.25) is 0 Å². The molecule has 4 aliphatic rings. The summed E-state index contributed by atoms with van der Waals surface area (Å²) in [5, 5.41) is 10.8. The van der Waals surface area contributed by atoms with Crippen molar-refractivity contribution in [2.45, 2.75) is 70.1 Å². The molecule has 2 aliphatic heterocycles. The number of aliphatic hydroxyl groups is 1. The molecule has 1 spiro atoms. The molecular formula is C18H29NO3. The number of nitrogens with zero attached hydrogens (tertiary/aromatic N) is 1. The molecule has 0 aromatic rings. The van der Waals surface area contributed by atoms with E-state index >= 15 is 0 Å². The summed E-state index contributed by atoms with van der Waals surface area (Å²) in [5.41, 5.74) is 0.189. The number of esters is 1. The number of aliphatic hydroxyl groups excluding tert-OH is 1. The molecule has 0 aromatic heterocycles. The van der Waals surface area contributed by atoms with Crippen molar-refractivity contribution in [3.8, 4) is 0 Å². The molecule has 2 saturated heterocycles. The fourth-order valence-electron chi connectivity index (χ4n) is 6.74. The zero-order chi connectivity index (χ0) is 15.5. The Morgan fingerprint density at radius 1 is 1.23 bits per heavy atom. The molecule has 0 amide bonds. The Bertz CT molecular complexity index is 465. The zero-order valence-corrected chi connectivity index (χ0v) is 13.8. The van der Waals surface area contributed by atoms with Gasteiger partial charge in [-0.1, -0.05) is 6.92 Å². The third kappa shape index (κ3) is 1.92. The highest BCUT2D eigenvalue weighted by Crippen LogP contribution is 2.60. The van der Waals surface area contributed by atoms with Crippen LogP contribution < -0.4 is 0 Å². The maximum absolute atomic E-state index is 11.6. The molecule has 4 nitrogen and oxygen atoms in total. The predicted octanol–water partition coefficient (Wildman–Crippen LogP) is 2.20. The van der Waals surface area contributed by atoms with E-state index in [2.05, 4.69) is 11.8 Å². The molecule has 124 valence electrons. The van der Waals surface area contributed by atoms with Gasteiger partial charge in [-0.05, 0) is 63.5 Å². The van der Waals surface area contributed by atoms with Gasteiger partial charge in [-0.25, -0.2) is 0 Å². The highest BCUT2D eigenvalue weighted by atomic mass is 16.5. The van der Waals surface area contributed by atoms with Crippen LogP contribution in [0, 0.1) is 23.7 Å². The maximum atomic E-state index is 11.6. The van der Waals surface area contributed by atoms with Crippen molar-refractivity contribution >= 4 is 5.97 Å². The van der Waals surface area contributed by atoms with Gasteiger partial charge in [-0.2, -0.15) is 0 Å². The van der Waals surface area contributed by atoms with Crippen molar-refractivity contribution in [3.63, 3.8) is 0 Å². The first-order chi connectivity index (χ1) is 10.5. The van der Waals surface area contributed by atoms with Crippen LogP contribution >= 0.6 is 0 Å². The SMILES string of the molecule is CC(=O)O[C@H]1[C@H]2C[C@@H](O)[C@H]3CCCN4CCC[C@H]2[C@]34C[C@@H]1C. The Morgan fingerprint density at radius 2 is 1.91 bits per heavy atom. The van der Waals surface area contributed by atoms with Crippen molar-refractivity contribution in [2.24, 2.45) is 23.7 Å². The van der Waals surface area contributed by atoms with Crippen molar-refractivity contribution < 1.29 is 14.6 Å². The van der Waals surface area contributed by atoms with E-state index in [4.69, 9.17) is 4.74 Å². The van der Waals surface area contributed by atoms with Gasteiger partial charge in [0.15, 0.2) is 0 Å². The van der Waals surface area contributed by atoms with Crippen LogP contribution in [0.15, 0.2) is 0 Å². The second-order valence-electron chi connectivity index (χ2n) is 8.20. The van der Waals surface area contributed by atoms with E-state index in [9.17, 15) is 9.90 Å². The van der Waals surface area contributed by atoms with Gasteiger partial charge in [0.05, 0.1) is 6.10 Å². The third-order valence-corrected chi connectivity index (χ3v) is 7.19. The average Bonchev–Trinajstić information content (AvgIpc) is 2.47. The smallest absolute Gasteiger partial charge is 0.302 e.